The van der Waals surface area contributed by atoms with Crippen LogP contribution in [0.2, 0.25) is 0 Å². The molecule has 0 fully saturated rings. The summed E-state index contributed by atoms with van der Waals surface area (Å²) in [4.78, 5) is 11.5. The Bertz CT molecular complexity index is 526. The molecule has 0 aliphatic heterocycles. The highest BCUT2D eigenvalue weighted by molar-refractivity contribution is 9.10. The first kappa shape index (κ1) is 8.50. The molecule has 2 aromatic rings. The van der Waals surface area contributed by atoms with E-state index in [-0.39, 0.29) is 5.56 Å². The highest BCUT2D eigenvalue weighted by Gasteiger charge is 2.06. The van der Waals surface area contributed by atoms with Gasteiger partial charge < -0.3 is 0 Å². The zero-order chi connectivity index (χ0) is 9.59. The highest BCUT2D eigenvalue weighted by atomic mass is 79.9. The minimum atomic E-state index is -0.0637. The van der Waals surface area contributed by atoms with Gasteiger partial charge in [-0.15, -0.1) is 0 Å². The van der Waals surface area contributed by atoms with E-state index in [1.54, 1.807) is 17.8 Å². The van der Waals surface area contributed by atoms with Crippen molar-refractivity contribution in [3.05, 3.63) is 27.1 Å². The molecule has 0 amide bonds. The molecule has 4 nitrogen and oxygen atoms in total. The summed E-state index contributed by atoms with van der Waals surface area (Å²) in [6.45, 7) is 0. The van der Waals surface area contributed by atoms with Crippen molar-refractivity contribution in [3.63, 3.8) is 0 Å². The van der Waals surface area contributed by atoms with Crippen LogP contribution >= 0.6 is 15.9 Å². The van der Waals surface area contributed by atoms with Crippen LogP contribution in [0.25, 0.3) is 11.0 Å². The second-order valence-electron chi connectivity index (χ2n) is 2.94. The third kappa shape index (κ3) is 1.19. The van der Waals surface area contributed by atoms with E-state index in [0.29, 0.717) is 10.1 Å². The lowest BCUT2D eigenvalue weighted by atomic mass is 10.3. The molecule has 0 unspecified atom stereocenters. The Hall–Kier alpha value is -1.10. The Kier molecular flexibility index (Phi) is 1.76. The fraction of sp³-hybridized carbons (Fsp3) is 0.250. The zero-order valence-electron chi connectivity index (χ0n) is 7.28. The summed E-state index contributed by atoms with van der Waals surface area (Å²) in [5.41, 5.74) is 0.641. The monoisotopic (exact) mass is 241 g/mol. The van der Waals surface area contributed by atoms with Gasteiger partial charge in [-0.05, 0) is 22.0 Å². The third-order valence-corrected chi connectivity index (χ3v) is 2.51. The minimum Gasteiger partial charge on any atom is -0.293 e. The summed E-state index contributed by atoms with van der Waals surface area (Å²) in [6.07, 6.45) is 1.87. The molecule has 0 spiro atoms. The van der Waals surface area contributed by atoms with Crippen LogP contribution < -0.4 is 5.56 Å². The van der Waals surface area contributed by atoms with Gasteiger partial charge in [0.2, 0.25) is 0 Å². The topological polar surface area (TPSA) is 39.8 Å². The predicted molar refractivity (Wildman–Crippen MR) is 53.7 cm³/mol. The van der Waals surface area contributed by atoms with Crippen molar-refractivity contribution < 1.29 is 0 Å². The van der Waals surface area contributed by atoms with Crippen molar-refractivity contribution in [2.24, 2.45) is 14.1 Å². The van der Waals surface area contributed by atoms with Gasteiger partial charge in [0.1, 0.15) is 0 Å². The van der Waals surface area contributed by atoms with Crippen molar-refractivity contribution >= 4 is 27.0 Å². The molecular weight excluding hydrogens is 234 g/mol. The first-order chi connectivity index (χ1) is 6.09. The van der Waals surface area contributed by atoms with Crippen molar-refractivity contribution in [2.45, 2.75) is 0 Å². The minimum absolute atomic E-state index is 0.0637. The lowest BCUT2D eigenvalue weighted by Gasteiger charge is -1.98. The number of halogens is 1. The summed E-state index contributed by atoms with van der Waals surface area (Å²) in [7, 11) is 3.54. The average Bonchev–Trinajstić information content (AvgIpc) is 2.42. The van der Waals surface area contributed by atoms with E-state index in [0.717, 1.165) is 5.39 Å². The van der Waals surface area contributed by atoms with Crippen LogP contribution in [0.1, 0.15) is 0 Å². The first-order valence-corrected chi connectivity index (χ1v) is 4.58. The summed E-state index contributed by atoms with van der Waals surface area (Å²) < 4.78 is 3.78. The number of hydrogen-bond donors (Lipinski definition) is 0. The van der Waals surface area contributed by atoms with Gasteiger partial charge in [-0.3, -0.25) is 14.0 Å². The van der Waals surface area contributed by atoms with E-state index in [4.69, 9.17) is 0 Å². The van der Waals surface area contributed by atoms with E-state index in [9.17, 15) is 4.79 Å². The van der Waals surface area contributed by atoms with Gasteiger partial charge in [-0.2, -0.15) is 5.10 Å². The summed E-state index contributed by atoms with van der Waals surface area (Å²) in [5.74, 6) is 0. The van der Waals surface area contributed by atoms with Gasteiger partial charge in [0.25, 0.3) is 5.56 Å². The van der Waals surface area contributed by atoms with Crippen LogP contribution in [-0.2, 0) is 14.1 Å². The first-order valence-electron chi connectivity index (χ1n) is 3.78. The van der Waals surface area contributed by atoms with E-state index >= 15 is 0 Å². The third-order valence-electron chi connectivity index (χ3n) is 1.95. The van der Waals surface area contributed by atoms with E-state index in [1.807, 2.05) is 13.2 Å². The van der Waals surface area contributed by atoms with Crippen molar-refractivity contribution in [3.8, 4) is 0 Å². The van der Waals surface area contributed by atoms with E-state index in [1.165, 1.54) is 4.57 Å². The second kappa shape index (κ2) is 2.70. The molecule has 0 atom stereocenters. The highest BCUT2D eigenvalue weighted by Crippen LogP contribution is 2.13. The Balaban J connectivity index is 3.01. The van der Waals surface area contributed by atoms with Gasteiger partial charge >= 0.3 is 0 Å². The number of hydrogen-bond acceptors (Lipinski definition) is 2. The molecule has 0 aliphatic rings. The molecule has 0 saturated heterocycles. The quantitative estimate of drug-likeness (QED) is 0.692. The number of aryl methyl sites for hydroxylation is 2. The van der Waals surface area contributed by atoms with E-state index in [2.05, 4.69) is 21.0 Å². The molecule has 0 N–H and O–H groups in total. The van der Waals surface area contributed by atoms with Gasteiger partial charge in [-0.1, -0.05) is 0 Å². The number of nitrogens with zero attached hydrogens (tertiary/aromatic N) is 3. The van der Waals surface area contributed by atoms with Gasteiger partial charge in [0.05, 0.1) is 4.47 Å². The maximum atomic E-state index is 11.5. The molecular formula is C8H8BrN3O. The Labute approximate surface area is 82.9 Å². The fourth-order valence-corrected chi connectivity index (χ4v) is 1.82. The molecule has 0 aliphatic carbocycles. The van der Waals surface area contributed by atoms with Crippen molar-refractivity contribution in [1.29, 1.82) is 0 Å². The van der Waals surface area contributed by atoms with Crippen LogP contribution in [0, 0.1) is 0 Å². The van der Waals surface area contributed by atoms with Crippen molar-refractivity contribution in [2.75, 3.05) is 0 Å². The Morgan fingerprint density at radius 2 is 2.15 bits per heavy atom. The van der Waals surface area contributed by atoms with Crippen LogP contribution in [-0.4, -0.2) is 14.3 Å². The Morgan fingerprint density at radius 1 is 1.46 bits per heavy atom. The fourth-order valence-electron chi connectivity index (χ4n) is 1.31. The number of pyridine rings is 1. The largest absolute Gasteiger partial charge is 0.293 e. The summed E-state index contributed by atoms with van der Waals surface area (Å²) in [5, 5.41) is 5.13. The molecule has 0 radical (unpaired) electrons. The van der Waals surface area contributed by atoms with Gasteiger partial charge in [0.15, 0.2) is 5.65 Å². The predicted octanol–water partition coefficient (Wildman–Crippen LogP) is 1.03. The number of aromatic nitrogens is 3. The molecule has 68 valence electrons. The standard InChI is InChI=1S/C8H8BrN3O/c1-11-4-5-3-6(9)8(13)12(2)7(5)10-11/h3-4H,1-2H3. The van der Waals surface area contributed by atoms with Crippen LogP contribution in [0.15, 0.2) is 21.5 Å². The average molecular weight is 242 g/mol. The molecule has 5 heteroatoms. The molecule has 2 aromatic heterocycles. The van der Waals surface area contributed by atoms with Gasteiger partial charge in [0, 0.05) is 25.7 Å². The normalized spacial score (nSPS) is 11.0. The molecule has 0 saturated carbocycles. The lowest BCUT2D eigenvalue weighted by molar-refractivity contribution is 0.758. The van der Waals surface area contributed by atoms with Crippen LogP contribution in [0.5, 0.6) is 0 Å². The molecule has 0 bridgehead atoms. The van der Waals surface area contributed by atoms with Crippen LogP contribution in [0.3, 0.4) is 0 Å². The maximum Gasteiger partial charge on any atom is 0.266 e. The smallest absolute Gasteiger partial charge is 0.266 e. The van der Waals surface area contributed by atoms with Gasteiger partial charge in [-0.25, -0.2) is 0 Å². The zero-order valence-corrected chi connectivity index (χ0v) is 8.87. The summed E-state index contributed by atoms with van der Waals surface area (Å²) in [6, 6.07) is 1.78. The second-order valence-corrected chi connectivity index (χ2v) is 3.79. The van der Waals surface area contributed by atoms with E-state index < -0.39 is 0 Å². The molecule has 13 heavy (non-hydrogen) atoms. The SMILES string of the molecule is Cn1cc2cc(Br)c(=O)n(C)c2n1. The number of rotatable bonds is 0. The molecule has 2 heterocycles. The number of fused-ring (bicyclic) bond motifs is 1. The lowest BCUT2D eigenvalue weighted by Crippen LogP contribution is -2.17. The maximum absolute atomic E-state index is 11.5. The van der Waals surface area contributed by atoms with Crippen molar-refractivity contribution in [1.82, 2.24) is 14.3 Å². The molecule has 2 rings (SSSR count). The molecule has 0 aromatic carbocycles. The Morgan fingerprint density at radius 3 is 2.85 bits per heavy atom. The summed E-state index contributed by atoms with van der Waals surface area (Å²) >= 11 is 3.21. The van der Waals surface area contributed by atoms with Crippen LogP contribution in [0.4, 0.5) is 0 Å².